The van der Waals surface area contributed by atoms with Crippen molar-refractivity contribution in [3.8, 4) is 0 Å². The second-order valence-electron chi connectivity index (χ2n) is 11.3. The lowest BCUT2D eigenvalue weighted by Gasteiger charge is -2.15. The molecular weight excluding hydrogens is 516 g/mol. The van der Waals surface area contributed by atoms with E-state index < -0.39 is 6.10 Å². The molecule has 2 atom stereocenters. The maximum atomic E-state index is 12.0. The van der Waals surface area contributed by atoms with Crippen molar-refractivity contribution in [1.82, 2.24) is 0 Å². The number of carbonyl (C=O) groups is 2. The molecule has 0 unspecified atom stereocenters. The van der Waals surface area contributed by atoms with E-state index in [-0.39, 0.29) is 31.3 Å². The quantitative estimate of drug-likeness (QED) is 0.0580. The van der Waals surface area contributed by atoms with Crippen LogP contribution in [-0.2, 0) is 19.1 Å². The molecule has 0 bridgehead atoms. The first kappa shape index (κ1) is 38.8. The summed E-state index contributed by atoms with van der Waals surface area (Å²) < 4.78 is 10.5. The fraction of sp³-hybridized carbons (Fsp3) is 0.714. The smallest absolute Gasteiger partial charge is 0.306 e. The summed E-state index contributed by atoms with van der Waals surface area (Å²) in [6.45, 7) is 5.86. The monoisotopic (exact) mass is 576 g/mol. The van der Waals surface area contributed by atoms with E-state index in [2.05, 4.69) is 62.5 Å². The summed E-state index contributed by atoms with van der Waals surface area (Å²) in [5, 5.41) is 18.7. The van der Waals surface area contributed by atoms with Crippen molar-refractivity contribution in [3.05, 3.63) is 48.6 Å². The third kappa shape index (κ3) is 30.6. The van der Waals surface area contributed by atoms with Crippen molar-refractivity contribution >= 4 is 11.9 Å². The van der Waals surface area contributed by atoms with Crippen LogP contribution >= 0.6 is 0 Å². The van der Waals surface area contributed by atoms with Gasteiger partial charge in [0.1, 0.15) is 6.61 Å². The van der Waals surface area contributed by atoms with E-state index in [1.165, 1.54) is 25.7 Å². The van der Waals surface area contributed by atoms with Crippen LogP contribution in [0.1, 0.15) is 130 Å². The summed E-state index contributed by atoms with van der Waals surface area (Å²) in [7, 11) is 0. The van der Waals surface area contributed by atoms with Gasteiger partial charge in [-0.2, -0.15) is 0 Å². The van der Waals surface area contributed by atoms with Crippen molar-refractivity contribution in [2.75, 3.05) is 13.2 Å². The van der Waals surface area contributed by atoms with Gasteiger partial charge in [0.25, 0.3) is 0 Å². The van der Waals surface area contributed by atoms with Crippen LogP contribution in [0.3, 0.4) is 0 Å². The van der Waals surface area contributed by atoms with E-state index in [4.69, 9.17) is 9.47 Å². The molecule has 0 amide bonds. The van der Waals surface area contributed by atoms with Crippen LogP contribution in [-0.4, -0.2) is 47.6 Å². The number of rotatable bonds is 27. The second-order valence-corrected chi connectivity index (χ2v) is 11.3. The average molecular weight is 577 g/mol. The van der Waals surface area contributed by atoms with Crippen molar-refractivity contribution < 1.29 is 29.3 Å². The van der Waals surface area contributed by atoms with Gasteiger partial charge in [0.15, 0.2) is 6.10 Å². The second kappa shape index (κ2) is 29.3. The molecule has 0 aliphatic carbocycles. The highest BCUT2D eigenvalue weighted by Gasteiger charge is 2.16. The lowest BCUT2D eigenvalue weighted by atomic mass is 10.0. The fourth-order valence-electron chi connectivity index (χ4n) is 4.10. The van der Waals surface area contributed by atoms with E-state index >= 15 is 0 Å². The highest BCUT2D eigenvalue weighted by molar-refractivity contribution is 5.70. The molecule has 0 saturated heterocycles. The predicted molar refractivity (Wildman–Crippen MR) is 169 cm³/mol. The Kier molecular flexibility index (Phi) is 27.8. The molecule has 0 aromatic rings. The molecule has 0 spiro atoms. The summed E-state index contributed by atoms with van der Waals surface area (Å²) in [6.07, 6.45) is 31.8. The fourth-order valence-corrected chi connectivity index (χ4v) is 4.10. The zero-order valence-corrected chi connectivity index (χ0v) is 26.3. The number of hydrogen-bond donors (Lipinski definition) is 2. The molecule has 0 saturated carbocycles. The van der Waals surface area contributed by atoms with Crippen LogP contribution in [0.2, 0.25) is 0 Å². The molecule has 236 valence electrons. The van der Waals surface area contributed by atoms with Crippen LogP contribution in [0.25, 0.3) is 0 Å². The highest BCUT2D eigenvalue weighted by atomic mass is 16.6. The minimum Gasteiger partial charge on any atom is -0.462 e. The van der Waals surface area contributed by atoms with Gasteiger partial charge in [-0.25, -0.2) is 0 Å². The Balaban J connectivity index is 3.74. The molecule has 6 nitrogen and oxygen atoms in total. The van der Waals surface area contributed by atoms with Gasteiger partial charge in [-0.05, 0) is 70.6 Å². The normalized spacial score (nSPS) is 13.7. The number of esters is 2. The lowest BCUT2D eigenvalue weighted by Crippen LogP contribution is -2.28. The molecule has 41 heavy (non-hydrogen) atoms. The summed E-state index contributed by atoms with van der Waals surface area (Å²) >= 11 is 0. The molecule has 0 aliphatic rings. The topological polar surface area (TPSA) is 93.1 Å². The number of aliphatic hydroxyl groups is 2. The molecular formula is C35H60O6. The minimum absolute atomic E-state index is 0.105. The summed E-state index contributed by atoms with van der Waals surface area (Å²) in [6, 6.07) is 0. The van der Waals surface area contributed by atoms with E-state index in [1.807, 2.05) is 6.92 Å². The first-order chi connectivity index (χ1) is 19.8. The van der Waals surface area contributed by atoms with E-state index in [0.717, 1.165) is 70.1 Å². The Morgan fingerprint density at radius 3 is 1.71 bits per heavy atom. The molecule has 6 heteroatoms. The average Bonchev–Trinajstić information content (AvgIpc) is 2.93. The van der Waals surface area contributed by atoms with Gasteiger partial charge in [0, 0.05) is 12.8 Å². The van der Waals surface area contributed by atoms with E-state index in [0.29, 0.717) is 19.3 Å². The van der Waals surface area contributed by atoms with Gasteiger partial charge in [-0.15, -0.1) is 0 Å². The summed E-state index contributed by atoms with van der Waals surface area (Å²) in [5.41, 5.74) is 0. The highest BCUT2D eigenvalue weighted by Crippen LogP contribution is 2.12. The van der Waals surface area contributed by atoms with Gasteiger partial charge in [-0.3, -0.25) is 9.59 Å². The Morgan fingerprint density at radius 2 is 1.15 bits per heavy atom. The van der Waals surface area contributed by atoms with Gasteiger partial charge < -0.3 is 19.7 Å². The maximum Gasteiger partial charge on any atom is 0.306 e. The first-order valence-corrected chi connectivity index (χ1v) is 16.1. The van der Waals surface area contributed by atoms with Crippen LogP contribution in [0.5, 0.6) is 0 Å². The molecule has 0 rings (SSSR count). The Hall–Kier alpha value is -2.18. The van der Waals surface area contributed by atoms with Gasteiger partial charge in [0.05, 0.1) is 12.7 Å². The van der Waals surface area contributed by atoms with Crippen molar-refractivity contribution in [2.45, 2.75) is 142 Å². The Morgan fingerprint density at radius 1 is 0.634 bits per heavy atom. The molecule has 0 aromatic carbocycles. The molecule has 0 fully saturated rings. The number of allylic oxidation sites excluding steroid dienone is 8. The first-order valence-electron chi connectivity index (χ1n) is 16.1. The van der Waals surface area contributed by atoms with E-state index in [1.54, 1.807) is 0 Å². The summed E-state index contributed by atoms with van der Waals surface area (Å²) in [5.74, 6) is 0.0786. The summed E-state index contributed by atoms with van der Waals surface area (Å²) in [4.78, 5) is 24.0. The van der Waals surface area contributed by atoms with Crippen molar-refractivity contribution in [2.24, 2.45) is 5.92 Å². The van der Waals surface area contributed by atoms with Crippen LogP contribution in [0.4, 0.5) is 0 Å². The van der Waals surface area contributed by atoms with E-state index in [9.17, 15) is 19.8 Å². The van der Waals surface area contributed by atoms with Crippen LogP contribution in [0, 0.1) is 5.92 Å². The lowest BCUT2D eigenvalue weighted by molar-refractivity contribution is -0.161. The Bertz CT molecular complexity index is 735. The standard InChI is InChI=1S/C35H60O6/c1-31(2)25-21-17-15-16-20-24-28-35(39)41-33(29-36)30-40-34(38)27-23-19-14-12-10-8-6-4-5-7-9-11-13-18-22-26-32(3)37/h5-8,11-14,31-33,36-37H,4,9-10,15-30H2,1-3H3/b7-5-,8-6-,13-11-,14-12-/t32-,33+/m1/s1. The predicted octanol–water partition coefficient (Wildman–Crippen LogP) is 8.33. The number of unbranched alkanes of at least 4 members (excludes halogenated alkanes) is 7. The van der Waals surface area contributed by atoms with Crippen LogP contribution in [0.15, 0.2) is 48.6 Å². The zero-order chi connectivity index (χ0) is 30.4. The van der Waals surface area contributed by atoms with Gasteiger partial charge in [-0.1, -0.05) is 101 Å². The Labute approximate surface area is 251 Å². The van der Waals surface area contributed by atoms with Gasteiger partial charge in [0.2, 0.25) is 0 Å². The molecule has 0 heterocycles. The van der Waals surface area contributed by atoms with Crippen molar-refractivity contribution in [3.63, 3.8) is 0 Å². The maximum absolute atomic E-state index is 12.0. The molecule has 0 radical (unpaired) electrons. The van der Waals surface area contributed by atoms with Gasteiger partial charge >= 0.3 is 11.9 Å². The number of carbonyl (C=O) groups excluding carboxylic acids is 2. The number of aliphatic hydroxyl groups excluding tert-OH is 2. The van der Waals surface area contributed by atoms with Crippen molar-refractivity contribution in [1.29, 1.82) is 0 Å². The molecule has 0 aromatic heterocycles. The third-order valence-electron chi connectivity index (χ3n) is 6.57. The largest absolute Gasteiger partial charge is 0.462 e. The zero-order valence-electron chi connectivity index (χ0n) is 26.3. The third-order valence-corrected chi connectivity index (χ3v) is 6.57. The minimum atomic E-state index is -0.799. The SMILES string of the molecule is CC(C)CCCCCCCCC(=O)O[C@@H](CO)COC(=O)CCC/C=C\C/C=C\C/C=C\C/C=C\CCC[C@@H](C)O. The molecule has 2 N–H and O–H groups in total. The van der Waals surface area contributed by atoms with Crippen LogP contribution < -0.4 is 0 Å². The number of hydrogen-bond acceptors (Lipinski definition) is 6. The molecule has 0 aliphatic heterocycles. The number of ether oxygens (including phenoxy) is 2.